The Kier molecular flexibility index (Phi) is 6.76. The number of methoxy groups -OCH3 is 1. The van der Waals surface area contributed by atoms with Crippen LogP contribution in [0.1, 0.15) is 35.2 Å². The Morgan fingerprint density at radius 1 is 1.18 bits per heavy atom. The van der Waals surface area contributed by atoms with Crippen molar-refractivity contribution in [1.29, 1.82) is 0 Å². The van der Waals surface area contributed by atoms with Crippen LogP contribution < -0.4 is 15.8 Å². The van der Waals surface area contributed by atoms with E-state index in [4.69, 9.17) is 22.1 Å². The van der Waals surface area contributed by atoms with Gasteiger partial charge in [-0.05, 0) is 55.2 Å². The first kappa shape index (κ1) is 20.0. The second-order valence-electron chi connectivity index (χ2n) is 6.73. The van der Waals surface area contributed by atoms with Crippen molar-refractivity contribution in [3.63, 3.8) is 0 Å². The molecule has 0 saturated carbocycles. The van der Waals surface area contributed by atoms with E-state index >= 15 is 0 Å². The number of nitrogens with two attached hydrogens (primary N) is 1. The van der Waals surface area contributed by atoms with Crippen LogP contribution in [-0.2, 0) is 6.54 Å². The summed E-state index contributed by atoms with van der Waals surface area (Å²) in [5.74, 6) is 0.990. The van der Waals surface area contributed by atoms with Gasteiger partial charge in [0.15, 0.2) is 5.96 Å². The number of rotatable bonds is 5. The van der Waals surface area contributed by atoms with Crippen LogP contribution in [0.3, 0.4) is 0 Å². The van der Waals surface area contributed by atoms with Gasteiger partial charge < -0.3 is 20.7 Å². The van der Waals surface area contributed by atoms with Crippen molar-refractivity contribution < 1.29 is 9.53 Å². The summed E-state index contributed by atoms with van der Waals surface area (Å²) < 4.78 is 5.13. The Labute approximate surface area is 170 Å². The average Bonchev–Trinajstić information content (AvgIpc) is 2.73. The molecule has 148 valence electrons. The first-order valence-corrected chi connectivity index (χ1v) is 9.73. The molecule has 6 nitrogen and oxygen atoms in total. The zero-order chi connectivity index (χ0) is 19.9. The molecule has 1 aliphatic heterocycles. The number of nitrogens with zero attached hydrogens (tertiary/aromatic N) is 2. The molecule has 3 rings (SSSR count). The molecule has 0 aliphatic carbocycles. The molecule has 0 bridgehead atoms. The number of nitrogens with one attached hydrogen (secondary N) is 1. The topological polar surface area (TPSA) is 80.0 Å². The van der Waals surface area contributed by atoms with E-state index in [1.807, 2.05) is 35.2 Å². The van der Waals surface area contributed by atoms with Crippen molar-refractivity contribution in [1.82, 2.24) is 4.90 Å². The van der Waals surface area contributed by atoms with Crippen LogP contribution in [0, 0.1) is 0 Å². The molecule has 28 heavy (non-hydrogen) atoms. The smallest absolute Gasteiger partial charge is 0.253 e. The Morgan fingerprint density at radius 2 is 1.89 bits per heavy atom. The molecule has 0 atom stereocenters. The number of likely N-dealkylation sites (tertiary alicyclic amines) is 1. The number of anilines is 1. The Hall–Kier alpha value is -2.73. The molecule has 0 radical (unpaired) electrons. The molecule has 1 heterocycles. The van der Waals surface area contributed by atoms with Crippen molar-refractivity contribution in [3.05, 3.63) is 58.6 Å². The number of benzene rings is 2. The number of halogens is 1. The van der Waals surface area contributed by atoms with Gasteiger partial charge in [0.1, 0.15) is 5.75 Å². The molecular formula is C21H25ClN4O2. The lowest BCUT2D eigenvalue weighted by atomic mass is 10.1. The number of piperidine rings is 1. The molecule has 2 aromatic rings. The van der Waals surface area contributed by atoms with Crippen LogP contribution in [0.2, 0.25) is 5.02 Å². The van der Waals surface area contributed by atoms with E-state index in [0.29, 0.717) is 22.9 Å². The van der Waals surface area contributed by atoms with E-state index in [2.05, 4.69) is 10.3 Å². The van der Waals surface area contributed by atoms with Crippen LogP contribution in [0.25, 0.3) is 0 Å². The summed E-state index contributed by atoms with van der Waals surface area (Å²) in [6, 6.07) is 12.8. The lowest BCUT2D eigenvalue weighted by molar-refractivity contribution is 0.0724. The Balaban J connectivity index is 1.57. The van der Waals surface area contributed by atoms with Crippen molar-refractivity contribution in [2.24, 2.45) is 10.7 Å². The average molecular weight is 401 g/mol. The Bertz CT molecular complexity index is 846. The molecule has 1 aliphatic rings. The fraction of sp³-hybridized carbons (Fsp3) is 0.333. The van der Waals surface area contributed by atoms with E-state index < -0.39 is 0 Å². The molecule has 7 heteroatoms. The largest absolute Gasteiger partial charge is 0.495 e. The van der Waals surface area contributed by atoms with Gasteiger partial charge in [0, 0.05) is 24.3 Å². The van der Waals surface area contributed by atoms with E-state index in [-0.39, 0.29) is 11.9 Å². The Morgan fingerprint density at radius 3 is 2.54 bits per heavy atom. The van der Waals surface area contributed by atoms with Crippen LogP contribution in [0.5, 0.6) is 5.75 Å². The van der Waals surface area contributed by atoms with Gasteiger partial charge in [0.2, 0.25) is 0 Å². The first-order chi connectivity index (χ1) is 13.6. The van der Waals surface area contributed by atoms with Gasteiger partial charge in [-0.15, -0.1) is 0 Å². The highest BCUT2D eigenvalue weighted by atomic mass is 35.5. The highest BCUT2D eigenvalue weighted by Gasteiger charge is 2.17. The third-order valence-electron chi connectivity index (χ3n) is 4.70. The minimum Gasteiger partial charge on any atom is -0.495 e. The number of guanidine groups is 1. The number of carbonyl (C=O) groups excluding carboxylic acids is 1. The molecule has 0 unspecified atom stereocenters. The maximum atomic E-state index is 12.5. The molecule has 1 saturated heterocycles. The summed E-state index contributed by atoms with van der Waals surface area (Å²) in [5.41, 5.74) is 8.38. The summed E-state index contributed by atoms with van der Waals surface area (Å²) in [6.45, 7) is 2.12. The van der Waals surface area contributed by atoms with Crippen LogP contribution in [0.4, 0.5) is 5.69 Å². The molecule has 1 amide bonds. The third-order valence-corrected chi connectivity index (χ3v) is 5.00. The SMILES string of the molecule is COc1ccc(NC(N)=NCc2ccc(C(=O)N3CCCCC3)cc2)cc1Cl. The van der Waals surface area contributed by atoms with Gasteiger partial charge in [-0.25, -0.2) is 4.99 Å². The highest BCUT2D eigenvalue weighted by Crippen LogP contribution is 2.27. The lowest BCUT2D eigenvalue weighted by Gasteiger charge is -2.26. The second-order valence-corrected chi connectivity index (χ2v) is 7.13. The maximum absolute atomic E-state index is 12.5. The second kappa shape index (κ2) is 9.46. The number of aliphatic imine (C=N–C) groups is 1. The van der Waals surface area contributed by atoms with Crippen molar-refractivity contribution >= 4 is 29.2 Å². The van der Waals surface area contributed by atoms with Crippen LogP contribution in [0.15, 0.2) is 47.5 Å². The fourth-order valence-electron chi connectivity index (χ4n) is 3.14. The van der Waals surface area contributed by atoms with Crippen molar-refractivity contribution in [2.75, 3.05) is 25.5 Å². The van der Waals surface area contributed by atoms with Gasteiger partial charge >= 0.3 is 0 Å². The summed E-state index contributed by atoms with van der Waals surface area (Å²) in [6.07, 6.45) is 3.38. The summed E-state index contributed by atoms with van der Waals surface area (Å²) in [5, 5.41) is 3.50. The quantitative estimate of drug-likeness (QED) is 0.589. The molecule has 0 spiro atoms. The maximum Gasteiger partial charge on any atom is 0.253 e. The zero-order valence-electron chi connectivity index (χ0n) is 16.0. The molecule has 3 N–H and O–H groups in total. The number of amides is 1. The highest BCUT2D eigenvalue weighted by molar-refractivity contribution is 6.32. The standard InChI is InChI=1S/C21H25ClN4O2/c1-28-19-10-9-17(13-18(19)22)25-21(23)24-14-15-5-7-16(8-6-15)20(27)26-11-3-2-4-12-26/h5-10,13H,2-4,11-12,14H2,1H3,(H3,23,24,25). The van der Waals surface area contributed by atoms with Gasteiger partial charge in [-0.1, -0.05) is 23.7 Å². The molecule has 1 fully saturated rings. The summed E-state index contributed by atoms with van der Waals surface area (Å²) in [4.78, 5) is 18.8. The summed E-state index contributed by atoms with van der Waals surface area (Å²) >= 11 is 6.11. The summed E-state index contributed by atoms with van der Waals surface area (Å²) in [7, 11) is 1.56. The molecule has 2 aromatic carbocycles. The minimum absolute atomic E-state index is 0.104. The van der Waals surface area contributed by atoms with Gasteiger partial charge in [-0.2, -0.15) is 0 Å². The molecule has 0 aromatic heterocycles. The normalized spacial score (nSPS) is 14.6. The number of carbonyl (C=O) groups is 1. The lowest BCUT2D eigenvalue weighted by Crippen LogP contribution is -2.35. The first-order valence-electron chi connectivity index (χ1n) is 9.35. The van der Waals surface area contributed by atoms with E-state index in [9.17, 15) is 4.79 Å². The zero-order valence-corrected chi connectivity index (χ0v) is 16.7. The number of hydrogen-bond donors (Lipinski definition) is 2. The van der Waals surface area contributed by atoms with Gasteiger partial charge in [0.05, 0.1) is 18.7 Å². The number of hydrogen-bond acceptors (Lipinski definition) is 3. The minimum atomic E-state index is 0.104. The van der Waals surface area contributed by atoms with Crippen LogP contribution in [-0.4, -0.2) is 37.0 Å². The van der Waals surface area contributed by atoms with Gasteiger partial charge in [-0.3, -0.25) is 4.79 Å². The van der Waals surface area contributed by atoms with Crippen LogP contribution >= 0.6 is 11.6 Å². The van der Waals surface area contributed by atoms with E-state index in [1.54, 1.807) is 19.2 Å². The van der Waals surface area contributed by atoms with Crippen molar-refractivity contribution in [2.45, 2.75) is 25.8 Å². The van der Waals surface area contributed by atoms with Crippen molar-refractivity contribution in [3.8, 4) is 5.75 Å². The van der Waals surface area contributed by atoms with Gasteiger partial charge in [0.25, 0.3) is 5.91 Å². The monoisotopic (exact) mass is 400 g/mol. The fourth-order valence-corrected chi connectivity index (χ4v) is 3.40. The third kappa shape index (κ3) is 5.16. The van der Waals surface area contributed by atoms with E-state index in [1.165, 1.54) is 6.42 Å². The predicted molar refractivity (Wildman–Crippen MR) is 113 cm³/mol. The number of ether oxygens (including phenoxy) is 1. The molecular weight excluding hydrogens is 376 g/mol. The predicted octanol–water partition coefficient (Wildman–Crippen LogP) is 3.90. The van der Waals surface area contributed by atoms with E-state index in [0.717, 1.165) is 37.2 Å².